The Balaban J connectivity index is 4.38. The van der Waals surface area contributed by atoms with Crippen LogP contribution >= 0.6 is 0 Å². The molecule has 1 atom stereocenters. The van der Waals surface area contributed by atoms with Crippen molar-refractivity contribution in [2.24, 2.45) is 0 Å². The maximum atomic E-state index is 12.9. The molecule has 0 amide bonds. The van der Waals surface area contributed by atoms with E-state index in [4.69, 9.17) is 14.2 Å². The SMILES string of the molecule is CC/C=C\C/C=C\C/C=C\C/C=C\C/C=C\C/C=C\CCCCCCC(=O)OCC(COC(=O)CCCCCCCCCCCCC)OC(=O)CCCCCCCCCCCC/C=C\C/C=C\C/C=C\C/C=C\CC. The fourth-order valence-corrected chi connectivity index (χ4v) is 8.38. The highest BCUT2D eigenvalue weighted by atomic mass is 16.6. The van der Waals surface area contributed by atoms with Crippen LogP contribution in [0.2, 0.25) is 0 Å². The zero-order valence-electron chi connectivity index (χ0n) is 48.8. The molecule has 0 saturated carbocycles. The molecule has 0 spiro atoms. The number of unbranched alkanes of at least 4 members (excludes halogenated alkanes) is 24. The van der Waals surface area contributed by atoms with Gasteiger partial charge in [-0.05, 0) is 109 Å². The molecule has 0 bridgehead atoms. The predicted octanol–water partition coefficient (Wildman–Crippen LogP) is 21.2. The number of allylic oxidation sites excluding steroid dienone is 20. The third-order valence-corrected chi connectivity index (χ3v) is 13.0. The second kappa shape index (κ2) is 62.4. The van der Waals surface area contributed by atoms with Crippen LogP contribution in [-0.4, -0.2) is 37.2 Å². The van der Waals surface area contributed by atoms with Gasteiger partial charge >= 0.3 is 17.9 Å². The molecule has 6 heteroatoms. The summed E-state index contributed by atoms with van der Waals surface area (Å²) in [6, 6.07) is 0. The fraction of sp³-hybridized carbons (Fsp3) is 0.667. The first-order valence-corrected chi connectivity index (χ1v) is 31.0. The molecule has 0 aliphatic heterocycles. The zero-order chi connectivity index (χ0) is 54.3. The number of ether oxygens (including phenoxy) is 3. The summed E-state index contributed by atoms with van der Waals surface area (Å²) in [4.78, 5) is 38.2. The van der Waals surface area contributed by atoms with Crippen molar-refractivity contribution in [3.8, 4) is 0 Å². The van der Waals surface area contributed by atoms with E-state index in [0.717, 1.165) is 135 Å². The van der Waals surface area contributed by atoms with E-state index >= 15 is 0 Å². The molecule has 6 nitrogen and oxygen atoms in total. The maximum absolute atomic E-state index is 12.9. The molecule has 0 aromatic rings. The third-order valence-electron chi connectivity index (χ3n) is 13.0. The van der Waals surface area contributed by atoms with Gasteiger partial charge in [0.2, 0.25) is 0 Å². The summed E-state index contributed by atoms with van der Waals surface area (Å²) in [5.74, 6) is -0.916. The van der Waals surface area contributed by atoms with Gasteiger partial charge in [0.25, 0.3) is 0 Å². The van der Waals surface area contributed by atoms with Crippen LogP contribution in [0.5, 0.6) is 0 Å². The molecule has 0 aliphatic carbocycles. The molecule has 0 radical (unpaired) electrons. The lowest BCUT2D eigenvalue weighted by atomic mass is 10.0. The van der Waals surface area contributed by atoms with Crippen molar-refractivity contribution in [1.29, 1.82) is 0 Å². The largest absolute Gasteiger partial charge is 0.462 e. The van der Waals surface area contributed by atoms with Gasteiger partial charge in [-0.3, -0.25) is 14.4 Å². The van der Waals surface area contributed by atoms with Gasteiger partial charge in [0.05, 0.1) is 0 Å². The average Bonchev–Trinajstić information content (AvgIpc) is 3.41. The Bertz CT molecular complexity index is 1570. The lowest BCUT2D eigenvalue weighted by Crippen LogP contribution is -2.30. The van der Waals surface area contributed by atoms with E-state index < -0.39 is 6.10 Å². The van der Waals surface area contributed by atoms with E-state index in [0.29, 0.717) is 19.3 Å². The number of rotatable bonds is 55. The van der Waals surface area contributed by atoms with Crippen molar-refractivity contribution >= 4 is 17.9 Å². The second-order valence-corrected chi connectivity index (χ2v) is 20.2. The lowest BCUT2D eigenvalue weighted by molar-refractivity contribution is -0.167. The first-order chi connectivity index (χ1) is 37.0. The van der Waals surface area contributed by atoms with Gasteiger partial charge in [-0.25, -0.2) is 0 Å². The summed E-state index contributed by atoms with van der Waals surface area (Å²) in [6.45, 7) is 6.39. The fourth-order valence-electron chi connectivity index (χ4n) is 8.38. The van der Waals surface area contributed by atoms with Gasteiger partial charge in [0.15, 0.2) is 6.10 Å². The summed E-state index contributed by atoms with van der Waals surface area (Å²) in [5, 5.41) is 0. The van der Waals surface area contributed by atoms with Gasteiger partial charge in [0, 0.05) is 19.3 Å². The van der Waals surface area contributed by atoms with Crippen LogP contribution < -0.4 is 0 Å². The molecule has 1 unspecified atom stereocenters. The summed E-state index contributed by atoms with van der Waals surface area (Å²) in [6.07, 6.45) is 86.2. The molecule has 0 aromatic heterocycles. The van der Waals surface area contributed by atoms with Crippen molar-refractivity contribution in [2.75, 3.05) is 13.2 Å². The highest BCUT2D eigenvalue weighted by molar-refractivity contribution is 5.71. The molecular weight excluding hydrogens is 925 g/mol. The molecule has 0 aromatic carbocycles. The minimum absolute atomic E-state index is 0.0884. The quantitative estimate of drug-likeness (QED) is 0.0261. The zero-order valence-corrected chi connectivity index (χ0v) is 48.8. The molecule has 426 valence electrons. The van der Waals surface area contributed by atoms with Crippen LogP contribution in [0.4, 0.5) is 0 Å². The molecule has 0 rings (SSSR count). The number of carbonyl (C=O) groups is 3. The van der Waals surface area contributed by atoms with Crippen molar-refractivity contribution in [3.63, 3.8) is 0 Å². The summed E-state index contributed by atoms with van der Waals surface area (Å²) >= 11 is 0. The predicted molar refractivity (Wildman–Crippen MR) is 325 cm³/mol. The van der Waals surface area contributed by atoms with Crippen LogP contribution in [0, 0.1) is 0 Å². The number of esters is 3. The summed E-state index contributed by atoms with van der Waals surface area (Å²) in [5.41, 5.74) is 0. The highest BCUT2D eigenvalue weighted by Gasteiger charge is 2.19. The van der Waals surface area contributed by atoms with Gasteiger partial charge in [0.1, 0.15) is 13.2 Å². The van der Waals surface area contributed by atoms with E-state index in [-0.39, 0.29) is 31.1 Å². The summed E-state index contributed by atoms with van der Waals surface area (Å²) in [7, 11) is 0. The lowest BCUT2D eigenvalue weighted by Gasteiger charge is -2.18. The topological polar surface area (TPSA) is 78.9 Å². The maximum Gasteiger partial charge on any atom is 0.306 e. The van der Waals surface area contributed by atoms with E-state index in [1.54, 1.807) is 0 Å². The Morgan fingerprint density at radius 1 is 0.280 bits per heavy atom. The van der Waals surface area contributed by atoms with Crippen LogP contribution in [0.15, 0.2) is 122 Å². The van der Waals surface area contributed by atoms with Crippen molar-refractivity contribution in [3.05, 3.63) is 122 Å². The molecule has 0 aliphatic rings. The van der Waals surface area contributed by atoms with Crippen molar-refractivity contribution in [1.82, 2.24) is 0 Å². The van der Waals surface area contributed by atoms with Gasteiger partial charge in [-0.2, -0.15) is 0 Å². The Kier molecular flexibility index (Phi) is 58.9. The van der Waals surface area contributed by atoms with Gasteiger partial charge in [-0.15, -0.1) is 0 Å². The number of carbonyl (C=O) groups excluding carboxylic acids is 3. The van der Waals surface area contributed by atoms with E-state index in [2.05, 4.69) is 142 Å². The number of hydrogen-bond donors (Lipinski definition) is 0. The van der Waals surface area contributed by atoms with Gasteiger partial charge in [-0.1, -0.05) is 271 Å². The van der Waals surface area contributed by atoms with Crippen molar-refractivity contribution < 1.29 is 28.6 Å². The standard InChI is InChI=1S/C69H114O6/c1-4-7-10-13-16-19-22-24-26-28-30-32-34-36-38-40-42-44-47-50-53-56-59-62-68(71)74-65-66(64-73-67(70)61-58-55-52-49-46-21-18-15-12-9-6-3)75-69(72)63-60-57-54-51-48-45-43-41-39-37-35-33-31-29-27-25-23-20-17-14-11-8-5-2/h7-8,10-11,16-17,19-20,24-27,30-33,36,38,42,44,66H,4-6,9,12-15,18,21-23,28-29,34-35,37,39-41,43,45-65H2,1-3H3/b10-7-,11-8-,19-16-,20-17-,26-24-,27-25-,32-30-,33-31-,38-36-,44-42-. The molecule has 0 fully saturated rings. The molecule has 75 heavy (non-hydrogen) atoms. The Morgan fingerprint density at radius 3 is 0.813 bits per heavy atom. The van der Waals surface area contributed by atoms with Crippen LogP contribution in [-0.2, 0) is 28.6 Å². The van der Waals surface area contributed by atoms with Crippen LogP contribution in [0.1, 0.15) is 278 Å². The average molecular weight is 1040 g/mol. The number of hydrogen-bond acceptors (Lipinski definition) is 6. The molecule has 0 heterocycles. The first kappa shape index (κ1) is 70.8. The van der Waals surface area contributed by atoms with E-state index in [9.17, 15) is 14.4 Å². The van der Waals surface area contributed by atoms with Crippen LogP contribution in [0.25, 0.3) is 0 Å². The summed E-state index contributed by atoms with van der Waals surface area (Å²) < 4.78 is 16.9. The van der Waals surface area contributed by atoms with E-state index in [1.807, 2.05) is 0 Å². The molecule has 0 N–H and O–H groups in total. The van der Waals surface area contributed by atoms with Crippen LogP contribution in [0.3, 0.4) is 0 Å². The highest BCUT2D eigenvalue weighted by Crippen LogP contribution is 2.15. The smallest absolute Gasteiger partial charge is 0.306 e. The van der Waals surface area contributed by atoms with Gasteiger partial charge < -0.3 is 14.2 Å². The molecular formula is C69H114O6. The van der Waals surface area contributed by atoms with Crippen molar-refractivity contribution in [2.45, 2.75) is 284 Å². The Labute approximate surface area is 462 Å². The third kappa shape index (κ3) is 60.6. The monoisotopic (exact) mass is 1040 g/mol. The second-order valence-electron chi connectivity index (χ2n) is 20.2. The minimum Gasteiger partial charge on any atom is -0.462 e. The Hall–Kier alpha value is -4.19. The minimum atomic E-state index is -0.793. The Morgan fingerprint density at radius 2 is 0.520 bits per heavy atom. The first-order valence-electron chi connectivity index (χ1n) is 31.0. The normalized spacial score (nSPS) is 12.9. The van der Waals surface area contributed by atoms with E-state index in [1.165, 1.54) is 103 Å². The molecule has 0 saturated heterocycles.